The van der Waals surface area contributed by atoms with Gasteiger partial charge in [-0.15, -0.1) is 0 Å². The minimum Gasteiger partial charge on any atom is -0.496 e. The SMILES string of the molecule is C.COC(=O)c1c(C)cccc1OC.COc1cccc(C)c1C(=O)O.COc1cccc(C)c1C(=O)OC[C@@H]1C=CC(=O)O1.O=C1C=C[C@@H](CO)O1.[2HH].[B]. The molecule has 15 heteroatoms. The second-order valence-electron chi connectivity index (χ2n) is 10.7. The van der Waals surface area contributed by atoms with Crippen LogP contribution < -0.4 is 14.2 Å². The molecule has 0 unspecified atom stereocenters. The minimum absolute atomic E-state index is 0. The molecule has 3 aromatic carbocycles. The summed E-state index contributed by atoms with van der Waals surface area (Å²) >= 11 is 0. The lowest BCUT2D eigenvalue weighted by Crippen LogP contribution is -2.19. The topological polar surface area (TPSA) is 190 Å². The van der Waals surface area contributed by atoms with Gasteiger partial charge >= 0.3 is 29.8 Å². The molecule has 14 nitrogen and oxygen atoms in total. The Morgan fingerprint density at radius 2 is 1.06 bits per heavy atom. The lowest BCUT2D eigenvalue weighted by atomic mass is 10.1. The predicted molar refractivity (Wildman–Crippen MR) is 201 cm³/mol. The van der Waals surface area contributed by atoms with Crippen LogP contribution in [0.1, 0.15) is 56.6 Å². The maximum atomic E-state index is 12.0. The van der Waals surface area contributed by atoms with Crippen molar-refractivity contribution in [1.82, 2.24) is 0 Å². The number of hydrogen-bond donors (Lipinski definition) is 2. The summed E-state index contributed by atoms with van der Waals surface area (Å²) in [6.45, 7) is 5.26. The third-order valence-corrected chi connectivity index (χ3v) is 7.16. The first-order valence-electron chi connectivity index (χ1n) is 15.6. The summed E-state index contributed by atoms with van der Waals surface area (Å²) in [4.78, 5) is 55.1. The van der Waals surface area contributed by atoms with E-state index in [1.807, 2.05) is 19.1 Å². The third-order valence-electron chi connectivity index (χ3n) is 7.16. The summed E-state index contributed by atoms with van der Waals surface area (Å²) in [5.74, 6) is -1.19. The maximum absolute atomic E-state index is 12.0. The van der Waals surface area contributed by atoms with Crippen LogP contribution in [-0.2, 0) is 28.5 Å². The number of hydrogen-bond acceptors (Lipinski definition) is 13. The van der Waals surface area contributed by atoms with E-state index in [0.717, 1.165) is 11.1 Å². The Hall–Kier alpha value is -6.09. The van der Waals surface area contributed by atoms with Gasteiger partial charge in [0.1, 0.15) is 46.6 Å². The second kappa shape index (κ2) is 24.2. The smallest absolute Gasteiger partial charge is 0.342 e. The molecule has 0 saturated heterocycles. The molecule has 0 aromatic heterocycles. The fourth-order valence-electron chi connectivity index (χ4n) is 4.58. The highest BCUT2D eigenvalue weighted by Gasteiger charge is 2.22. The fourth-order valence-corrected chi connectivity index (χ4v) is 4.58. The van der Waals surface area contributed by atoms with Crippen LogP contribution in [-0.4, -0.2) is 102 Å². The van der Waals surface area contributed by atoms with E-state index >= 15 is 0 Å². The van der Waals surface area contributed by atoms with E-state index < -0.39 is 30.1 Å². The third kappa shape index (κ3) is 14.1. The first-order valence-corrected chi connectivity index (χ1v) is 15.6. The molecule has 0 spiro atoms. The zero-order chi connectivity index (χ0) is 38.8. The van der Waals surface area contributed by atoms with Gasteiger partial charge in [-0.3, -0.25) is 0 Å². The van der Waals surface area contributed by atoms with Gasteiger partial charge in [0, 0.05) is 22.0 Å². The highest BCUT2D eigenvalue weighted by atomic mass is 16.6. The molecular weight excluding hydrogens is 703 g/mol. The molecule has 2 atom stereocenters. The Balaban J connectivity index is 0. The Labute approximate surface area is 318 Å². The van der Waals surface area contributed by atoms with Crippen LogP contribution in [0.25, 0.3) is 0 Å². The van der Waals surface area contributed by atoms with Gasteiger partial charge < -0.3 is 43.4 Å². The van der Waals surface area contributed by atoms with Crippen molar-refractivity contribution in [2.45, 2.75) is 40.4 Å². The van der Waals surface area contributed by atoms with Gasteiger partial charge in [0.2, 0.25) is 0 Å². The van der Waals surface area contributed by atoms with Gasteiger partial charge in [-0.2, -0.15) is 0 Å². The average Bonchev–Trinajstić information content (AvgIpc) is 3.77. The van der Waals surface area contributed by atoms with Crippen LogP contribution in [0.3, 0.4) is 0 Å². The van der Waals surface area contributed by atoms with E-state index in [4.69, 9.17) is 33.9 Å². The molecule has 0 saturated carbocycles. The summed E-state index contributed by atoms with van der Waals surface area (Å²) in [6.07, 6.45) is 4.80. The van der Waals surface area contributed by atoms with Crippen LogP contribution in [0.4, 0.5) is 0 Å². The fraction of sp³-hybridized carbons (Fsp3) is 0.308. The number of aromatic carboxylic acids is 1. The summed E-state index contributed by atoms with van der Waals surface area (Å²) in [5.41, 5.74) is 3.45. The Bertz CT molecular complexity index is 1790. The molecule has 2 aliphatic heterocycles. The van der Waals surface area contributed by atoms with Gasteiger partial charge in [-0.25, -0.2) is 24.0 Å². The van der Waals surface area contributed by atoms with E-state index in [-0.39, 0.29) is 48.0 Å². The van der Waals surface area contributed by atoms with Crippen LogP contribution >= 0.6 is 0 Å². The number of carbonyl (C=O) groups is 5. The standard InChI is InChI=1S/C14H14O5.C10H12O3.C9H10O3.C5H6O3.CH4.B.H2/c1-9-4-3-5-11(17-2)13(9)14(16)18-8-10-6-7-12(15)19-10;1-7-5-4-6-8(12-2)9(7)10(11)13-3;1-6-4-3-5-7(12-2)8(6)9(10)11;6-3-4-1-2-5(7)8-4;;;/h3-7,10H,8H2,1-2H3;4-6H,1-3H3;3-5H,1-2H3,(H,10,11);1-2,4,6H,3H2;1H4;;1H/t10-;;;4-;;;/m0..0.../s1/i;;;;;;1+1. The zero-order valence-corrected chi connectivity index (χ0v) is 30.4. The molecule has 2 N–H and O–H groups in total. The van der Waals surface area contributed by atoms with Gasteiger partial charge in [0.15, 0.2) is 6.10 Å². The molecule has 2 heterocycles. The number of aliphatic hydroxyl groups excluding tert-OH is 1. The van der Waals surface area contributed by atoms with Crippen molar-refractivity contribution in [1.29, 1.82) is 0 Å². The van der Waals surface area contributed by atoms with Crippen molar-refractivity contribution in [3.63, 3.8) is 0 Å². The molecule has 3 aromatic rings. The Morgan fingerprint density at radius 1 is 0.667 bits per heavy atom. The summed E-state index contributed by atoms with van der Waals surface area (Å²) < 4.78 is 34.3. The molecule has 291 valence electrons. The van der Waals surface area contributed by atoms with E-state index in [1.54, 1.807) is 62.4 Å². The Kier molecular flexibility index (Phi) is 21.5. The maximum Gasteiger partial charge on any atom is 0.342 e. The van der Waals surface area contributed by atoms with Crippen molar-refractivity contribution in [2.75, 3.05) is 41.7 Å². The number of esters is 4. The van der Waals surface area contributed by atoms with E-state index in [9.17, 15) is 24.0 Å². The number of cyclic esters (lactones) is 2. The lowest BCUT2D eigenvalue weighted by molar-refractivity contribution is -0.140. The highest BCUT2D eigenvalue weighted by Crippen LogP contribution is 2.24. The number of methoxy groups -OCH3 is 4. The quantitative estimate of drug-likeness (QED) is 0.167. The van der Waals surface area contributed by atoms with Crippen LogP contribution in [0, 0.1) is 20.8 Å². The van der Waals surface area contributed by atoms with Gasteiger partial charge in [-0.1, -0.05) is 43.8 Å². The van der Waals surface area contributed by atoms with Crippen molar-refractivity contribution < 1.29 is 68.8 Å². The first kappa shape index (κ1) is 47.9. The highest BCUT2D eigenvalue weighted by molar-refractivity contribution is 5.95. The molecule has 0 amide bonds. The van der Waals surface area contributed by atoms with Crippen LogP contribution in [0.5, 0.6) is 17.2 Å². The van der Waals surface area contributed by atoms with Gasteiger partial charge in [0.25, 0.3) is 0 Å². The molecule has 3 radical (unpaired) electrons. The summed E-state index contributed by atoms with van der Waals surface area (Å²) in [7, 11) is 5.84. The van der Waals surface area contributed by atoms with Gasteiger partial charge in [0.05, 0.1) is 35.0 Å². The number of rotatable bonds is 9. The number of aryl methyl sites for hydroxylation is 3. The minimum atomic E-state index is -0.954. The summed E-state index contributed by atoms with van der Waals surface area (Å²) in [5, 5.41) is 17.2. The van der Waals surface area contributed by atoms with Crippen LogP contribution in [0.15, 0.2) is 78.9 Å². The molecule has 0 aliphatic carbocycles. The van der Waals surface area contributed by atoms with Gasteiger partial charge in [-0.05, 0) is 67.8 Å². The molecule has 0 fully saturated rings. The Morgan fingerprint density at radius 3 is 1.37 bits per heavy atom. The monoisotopic (exact) mass is 752 g/mol. The lowest BCUT2D eigenvalue weighted by Gasteiger charge is -2.13. The normalized spacial score (nSPS) is 14.3. The number of carboxylic acid groups (broad SMARTS) is 1. The molecule has 54 heavy (non-hydrogen) atoms. The number of carbonyl (C=O) groups excluding carboxylic acids is 4. The molecule has 5 rings (SSSR count). The first-order chi connectivity index (χ1) is 24.8. The molecular formula is C39H48BO14. The van der Waals surface area contributed by atoms with Crippen molar-refractivity contribution in [2.24, 2.45) is 0 Å². The van der Waals surface area contributed by atoms with Crippen LogP contribution in [0.2, 0.25) is 0 Å². The number of benzene rings is 3. The zero-order valence-electron chi connectivity index (χ0n) is 30.4. The van der Waals surface area contributed by atoms with Crippen molar-refractivity contribution in [3.05, 3.63) is 112 Å². The molecule has 2 aliphatic rings. The van der Waals surface area contributed by atoms with E-state index in [1.165, 1.54) is 46.7 Å². The molecule has 0 bridgehead atoms. The summed E-state index contributed by atoms with van der Waals surface area (Å²) in [6, 6.07) is 15.8. The number of ether oxygens (including phenoxy) is 7. The number of carboxylic acids is 1. The van der Waals surface area contributed by atoms with Crippen molar-refractivity contribution in [3.8, 4) is 17.2 Å². The van der Waals surface area contributed by atoms with E-state index in [0.29, 0.717) is 33.9 Å². The second-order valence-corrected chi connectivity index (χ2v) is 10.7. The average molecular weight is 753 g/mol. The van der Waals surface area contributed by atoms with E-state index in [2.05, 4.69) is 9.47 Å². The largest absolute Gasteiger partial charge is 0.496 e. The predicted octanol–water partition coefficient (Wildman–Crippen LogP) is 5.10. The van der Waals surface area contributed by atoms with Crippen molar-refractivity contribution >= 4 is 38.3 Å². The number of aliphatic hydroxyl groups is 1.